The van der Waals surface area contributed by atoms with Gasteiger partial charge in [0.1, 0.15) is 0 Å². The molecule has 1 spiro atoms. The molecule has 0 unspecified atom stereocenters. The lowest BCUT2D eigenvalue weighted by Crippen LogP contribution is -2.51. The van der Waals surface area contributed by atoms with Gasteiger partial charge in [-0.3, -0.25) is 4.79 Å². The first kappa shape index (κ1) is 24.4. The van der Waals surface area contributed by atoms with E-state index in [4.69, 9.17) is 0 Å². The van der Waals surface area contributed by atoms with Gasteiger partial charge in [0.05, 0.1) is 0 Å². The van der Waals surface area contributed by atoms with Crippen LogP contribution in [0.5, 0.6) is 0 Å². The average molecular weight is 383 g/mol. The molecule has 1 saturated carbocycles. The summed E-state index contributed by atoms with van der Waals surface area (Å²) in [6.45, 7) is 19.9. The van der Waals surface area contributed by atoms with E-state index in [9.17, 15) is 4.79 Å². The van der Waals surface area contributed by atoms with Gasteiger partial charge in [-0.15, -0.1) is 0 Å². The summed E-state index contributed by atoms with van der Waals surface area (Å²) in [7, 11) is 2.22. The molecule has 2 saturated heterocycles. The Balaban J connectivity index is 0.000000855. The maximum Gasteiger partial charge on any atom is 0.219 e. The third-order valence-electron chi connectivity index (χ3n) is 6.11. The number of likely N-dealkylation sites (tertiary alicyclic amines) is 1. The second-order valence-electron chi connectivity index (χ2n) is 8.05. The first-order valence-electron chi connectivity index (χ1n) is 11.5. The first-order valence-corrected chi connectivity index (χ1v) is 11.5. The van der Waals surface area contributed by atoms with Crippen molar-refractivity contribution in [3.05, 3.63) is 0 Å². The van der Waals surface area contributed by atoms with Crippen molar-refractivity contribution in [2.45, 2.75) is 72.8 Å². The van der Waals surface area contributed by atoms with E-state index >= 15 is 0 Å². The summed E-state index contributed by atoms with van der Waals surface area (Å²) in [5.41, 5.74) is 0.527. The van der Waals surface area contributed by atoms with Crippen LogP contribution in [0.2, 0.25) is 0 Å². The van der Waals surface area contributed by atoms with Crippen molar-refractivity contribution >= 4 is 5.91 Å². The van der Waals surface area contributed by atoms with Crippen molar-refractivity contribution in [2.24, 2.45) is 5.41 Å². The SMILES string of the molecule is CC.CC.CCC(=O)NC1CC2(CCN(CCCN3CCN(C)CC3)C2)C1. The summed E-state index contributed by atoms with van der Waals surface area (Å²) >= 11 is 0. The number of rotatable bonds is 6. The van der Waals surface area contributed by atoms with Gasteiger partial charge < -0.3 is 20.0 Å². The molecule has 0 bridgehead atoms. The highest BCUT2D eigenvalue weighted by Crippen LogP contribution is 2.48. The number of likely N-dealkylation sites (N-methyl/N-ethyl adjacent to an activating group) is 1. The van der Waals surface area contributed by atoms with Gasteiger partial charge in [-0.25, -0.2) is 0 Å². The van der Waals surface area contributed by atoms with Gasteiger partial charge in [0.2, 0.25) is 5.91 Å². The second-order valence-corrected chi connectivity index (χ2v) is 8.05. The maximum absolute atomic E-state index is 11.5. The molecule has 3 aliphatic rings. The molecule has 5 nitrogen and oxygen atoms in total. The molecule has 1 amide bonds. The summed E-state index contributed by atoms with van der Waals surface area (Å²) in [6, 6.07) is 0.452. The molecule has 5 heteroatoms. The minimum absolute atomic E-state index is 0.215. The summed E-state index contributed by atoms with van der Waals surface area (Å²) in [5, 5.41) is 3.15. The molecule has 160 valence electrons. The monoisotopic (exact) mass is 382 g/mol. The standard InChI is InChI=1S/C18H34N4O.2C2H6/c1-3-17(23)19-16-13-18(14-16)5-8-22(15-18)7-4-6-21-11-9-20(2)10-12-21;2*1-2/h16H,3-15H2,1-2H3,(H,19,23);2*1-2H3. The van der Waals surface area contributed by atoms with Gasteiger partial charge in [-0.05, 0) is 57.8 Å². The van der Waals surface area contributed by atoms with Gasteiger partial charge in [-0.1, -0.05) is 34.6 Å². The van der Waals surface area contributed by atoms with Crippen LogP contribution < -0.4 is 5.32 Å². The van der Waals surface area contributed by atoms with Crippen molar-refractivity contribution in [2.75, 3.05) is 59.4 Å². The number of carbonyl (C=O) groups excluding carboxylic acids is 1. The lowest BCUT2D eigenvalue weighted by molar-refractivity contribution is -0.123. The van der Waals surface area contributed by atoms with Crippen molar-refractivity contribution in [1.82, 2.24) is 20.0 Å². The number of piperazine rings is 1. The van der Waals surface area contributed by atoms with Crippen molar-refractivity contribution < 1.29 is 4.79 Å². The van der Waals surface area contributed by atoms with Crippen molar-refractivity contribution in [3.63, 3.8) is 0 Å². The number of amides is 1. The predicted molar refractivity (Wildman–Crippen MR) is 116 cm³/mol. The van der Waals surface area contributed by atoms with Gasteiger partial charge in [0.25, 0.3) is 0 Å². The van der Waals surface area contributed by atoms with E-state index in [1.165, 1.54) is 78.0 Å². The van der Waals surface area contributed by atoms with E-state index in [2.05, 4.69) is 27.1 Å². The fraction of sp³-hybridized carbons (Fsp3) is 0.955. The van der Waals surface area contributed by atoms with Gasteiger partial charge in [-0.2, -0.15) is 0 Å². The quantitative estimate of drug-likeness (QED) is 0.766. The van der Waals surface area contributed by atoms with Crippen LogP contribution in [0.4, 0.5) is 0 Å². The molecule has 0 aromatic carbocycles. The zero-order valence-electron chi connectivity index (χ0n) is 19.0. The Hall–Kier alpha value is -0.650. The van der Waals surface area contributed by atoms with E-state index in [1.54, 1.807) is 0 Å². The van der Waals surface area contributed by atoms with Crippen molar-refractivity contribution in [1.29, 1.82) is 0 Å². The molecule has 0 aromatic rings. The van der Waals surface area contributed by atoms with E-state index in [1.807, 2.05) is 34.6 Å². The smallest absolute Gasteiger partial charge is 0.219 e. The molecular weight excluding hydrogens is 336 g/mol. The molecule has 0 aromatic heterocycles. The number of nitrogens with zero attached hydrogens (tertiary/aromatic N) is 3. The number of hydrogen-bond donors (Lipinski definition) is 1. The fourth-order valence-corrected chi connectivity index (χ4v) is 4.56. The molecule has 1 aliphatic carbocycles. The van der Waals surface area contributed by atoms with E-state index in [0.29, 0.717) is 17.9 Å². The van der Waals surface area contributed by atoms with Crippen LogP contribution >= 0.6 is 0 Å². The Morgan fingerprint density at radius 3 is 2.15 bits per heavy atom. The molecule has 27 heavy (non-hydrogen) atoms. The Morgan fingerprint density at radius 2 is 1.56 bits per heavy atom. The number of nitrogens with one attached hydrogen (secondary N) is 1. The zero-order valence-corrected chi connectivity index (χ0v) is 19.0. The van der Waals surface area contributed by atoms with Gasteiger partial charge >= 0.3 is 0 Å². The maximum atomic E-state index is 11.5. The molecule has 0 atom stereocenters. The molecule has 0 radical (unpaired) electrons. The van der Waals surface area contributed by atoms with Crippen LogP contribution in [-0.4, -0.2) is 86.1 Å². The third kappa shape index (κ3) is 7.71. The molecule has 2 heterocycles. The molecule has 3 rings (SSSR count). The van der Waals surface area contributed by atoms with Gasteiger partial charge in [0.15, 0.2) is 0 Å². The van der Waals surface area contributed by atoms with Crippen LogP contribution in [0.25, 0.3) is 0 Å². The Bertz CT molecular complexity index is 401. The number of carbonyl (C=O) groups is 1. The second kappa shape index (κ2) is 12.7. The molecule has 3 fully saturated rings. The molecule has 2 aliphatic heterocycles. The van der Waals surface area contributed by atoms with Crippen LogP contribution in [0.3, 0.4) is 0 Å². The lowest BCUT2D eigenvalue weighted by Gasteiger charge is -2.45. The van der Waals surface area contributed by atoms with Crippen LogP contribution in [0.1, 0.15) is 66.7 Å². The minimum atomic E-state index is 0.215. The average Bonchev–Trinajstić information content (AvgIpc) is 3.10. The molecule has 1 N–H and O–H groups in total. The van der Waals surface area contributed by atoms with Gasteiger partial charge in [0, 0.05) is 45.2 Å². The Kier molecular flexibility index (Phi) is 11.5. The highest BCUT2D eigenvalue weighted by molar-refractivity contribution is 5.76. The largest absolute Gasteiger partial charge is 0.353 e. The molecular formula is C22H46N4O. The van der Waals surface area contributed by atoms with Crippen molar-refractivity contribution in [3.8, 4) is 0 Å². The highest BCUT2D eigenvalue weighted by Gasteiger charge is 2.48. The zero-order chi connectivity index (χ0) is 20.3. The minimum Gasteiger partial charge on any atom is -0.353 e. The highest BCUT2D eigenvalue weighted by atomic mass is 16.1. The summed E-state index contributed by atoms with van der Waals surface area (Å²) in [5.74, 6) is 0.215. The lowest BCUT2D eigenvalue weighted by atomic mass is 9.65. The Labute approximate surface area is 168 Å². The summed E-state index contributed by atoms with van der Waals surface area (Å²) < 4.78 is 0. The topological polar surface area (TPSA) is 38.8 Å². The van der Waals surface area contributed by atoms with E-state index in [0.717, 1.165) is 0 Å². The predicted octanol–water partition coefficient (Wildman–Crippen LogP) is 3.06. The van der Waals surface area contributed by atoms with Crippen LogP contribution in [0, 0.1) is 5.41 Å². The Morgan fingerprint density at radius 1 is 0.963 bits per heavy atom. The number of hydrogen-bond acceptors (Lipinski definition) is 4. The third-order valence-corrected chi connectivity index (χ3v) is 6.11. The van der Waals surface area contributed by atoms with E-state index in [-0.39, 0.29) is 5.91 Å². The van der Waals surface area contributed by atoms with Crippen LogP contribution in [-0.2, 0) is 4.79 Å². The van der Waals surface area contributed by atoms with E-state index < -0.39 is 0 Å². The normalized spacial score (nSPS) is 28.6. The van der Waals surface area contributed by atoms with Crippen LogP contribution in [0.15, 0.2) is 0 Å². The summed E-state index contributed by atoms with van der Waals surface area (Å²) in [4.78, 5) is 19.2. The summed E-state index contributed by atoms with van der Waals surface area (Å²) in [6.07, 6.45) is 5.65. The first-order chi connectivity index (χ1) is 13.1. The fourth-order valence-electron chi connectivity index (χ4n) is 4.56.